The average molecular weight is 404 g/mol. The van der Waals surface area contributed by atoms with Gasteiger partial charge >= 0.3 is 6.18 Å². The first-order chi connectivity index (χ1) is 13.8. The number of morpholine rings is 1. The number of halogens is 3. The van der Waals surface area contributed by atoms with E-state index in [1.165, 1.54) is 12.3 Å². The maximum absolute atomic E-state index is 13.1. The van der Waals surface area contributed by atoms with Gasteiger partial charge in [-0.05, 0) is 36.8 Å². The van der Waals surface area contributed by atoms with Crippen LogP contribution < -0.4 is 5.73 Å². The summed E-state index contributed by atoms with van der Waals surface area (Å²) in [7, 11) is 0. The third-order valence-corrected chi connectivity index (χ3v) is 5.06. The van der Waals surface area contributed by atoms with Gasteiger partial charge < -0.3 is 19.9 Å². The molecule has 0 saturated carbocycles. The first kappa shape index (κ1) is 19.3. The summed E-state index contributed by atoms with van der Waals surface area (Å²) in [5.74, 6) is 0.0390. The van der Waals surface area contributed by atoms with Gasteiger partial charge in [0.25, 0.3) is 5.91 Å². The van der Waals surface area contributed by atoms with Gasteiger partial charge in [-0.3, -0.25) is 4.79 Å². The minimum Gasteiger partial charge on any atom is -0.383 e. The molecular weight excluding hydrogens is 385 g/mol. The fraction of sp³-hybridized carbons (Fsp3) is 0.300. The van der Waals surface area contributed by atoms with Crippen molar-refractivity contribution in [1.82, 2.24) is 14.5 Å². The Bertz CT molecular complexity index is 1090. The minimum atomic E-state index is -4.42. The second kappa shape index (κ2) is 7.07. The van der Waals surface area contributed by atoms with Crippen LogP contribution in [0.15, 0.2) is 36.7 Å². The van der Waals surface area contributed by atoms with Crippen LogP contribution in [-0.4, -0.2) is 46.7 Å². The highest BCUT2D eigenvalue weighted by Crippen LogP contribution is 2.33. The second-order valence-electron chi connectivity index (χ2n) is 6.91. The van der Waals surface area contributed by atoms with E-state index in [-0.39, 0.29) is 11.7 Å². The standard InChI is InChI=1S/C20H19F3N4O2/c1-12-10-13(20(21,22)23)2-3-16(12)27-5-4-14-17(27)15(11-25-18(14)24)19(28)26-6-8-29-9-7-26/h2-5,10-11H,6-9H2,1H3,(H2,24,25). The van der Waals surface area contributed by atoms with Crippen molar-refractivity contribution in [2.45, 2.75) is 13.1 Å². The predicted octanol–water partition coefficient (Wildman–Crippen LogP) is 3.41. The van der Waals surface area contributed by atoms with Crippen molar-refractivity contribution in [3.63, 3.8) is 0 Å². The van der Waals surface area contributed by atoms with Crippen molar-refractivity contribution in [1.29, 1.82) is 0 Å². The highest BCUT2D eigenvalue weighted by atomic mass is 19.4. The Kier molecular flexibility index (Phi) is 4.70. The monoisotopic (exact) mass is 404 g/mol. The molecule has 6 nitrogen and oxygen atoms in total. The van der Waals surface area contributed by atoms with Gasteiger partial charge in [0.2, 0.25) is 0 Å². The van der Waals surface area contributed by atoms with E-state index in [9.17, 15) is 18.0 Å². The number of nitrogens with two attached hydrogens (primary N) is 1. The van der Waals surface area contributed by atoms with Crippen molar-refractivity contribution in [3.8, 4) is 5.69 Å². The molecule has 0 spiro atoms. The molecule has 29 heavy (non-hydrogen) atoms. The summed E-state index contributed by atoms with van der Waals surface area (Å²) in [6, 6.07) is 5.24. The predicted molar refractivity (Wildman–Crippen MR) is 102 cm³/mol. The van der Waals surface area contributed by atoms with E-state index in [2.05, 4.69) is 4.98 Å². The lowest BCUT2D eigenvalue weighted by Gasteiger charge is -2.27. The molecule has 1 amide bonds. The number of carbonyl (C=O) groups is 1. The molecule has 1 aliphatic rings. The van der Waals surface area contributed by atoms with Gasteiger partial charge in [0.05, 0.1) is 29.9 Å². The summed E-state index contributed by atoms with van der Waals surface area (Å²) in [6.07, 6.45) is -1.31. The normalized spacial score (nSPS) is 15.1. The maximum Gasteiger partial charge on any atom is 0.416 e. The number of nitrogens with zero attached hydrogens (tertiary/aromatic N) is 3. The van der Waals surface area contributed by atoms with Gasteiger partial charge in [-0.25, -0.2) is 4.98 Å². The summed E-state index contributed by atoms with van der Waals surface area (Å²) >= 11 is 0. The maximum atomic E-state index is 13.1. The summed E-state index contributed by atoms with van der Waals surface area (Å²) in [5, 5.41) is 0.573. The van der Waals surface area contributed by atoms with E-state index in [0.29, 0.717) is 54.0 Å². The second-order valence-corrected chi connectivity index (χ2v) is 6.91. The molecule has 0 bridgehead atoms. The molecule has 0 atom stereocenters. The number of ether oxygens (including phenoxy) is 1. The van der Waals surface area contributed by atoms with Crippen LogP contribution in [0.1, 0.15) is 21.5 Å². The van der Waals surface area contributed by atoms with Crippen molar-refractivity contribution in [3.05, 3.63) is 53.3 Å². The van der Waals surface area contributed by atoms with Gasteiger partial charge in [0.15, 0.2) is 0 Å². The average Bonchev–Trinajstić information content (AvgIpc) is 3.13. The van der Waals surface area contributed by atoms with E-state index in [4.69, 9.17) is 10.5 Å². The molecule has 0 radical (unpaired) electrons. The lowest BCUT2D eigenvalue weighted by Crippen LogP contribution is -2.40. The Morgan fingerprint density at radius 2 is 1.93 bits per heavy atom. The molecule has 9 heteroatoms. The summed E-state index contributed by atoms with van der Waals surface area (Å²) < 4.78 is 46.1. The zero-order valence-corrected chi connectivity index (χ0v) is 15.7. The Labute approximate surface area is 164 Å². The topological polar surface area (TPSA) is 73.4 Å². The number of aryl methyl sites for hydroxylation is 1. The molecule has 1 aliphatic heterocycles. The molecule has 0 aliphatic carbocycles. The largest absolute Gasteiger partial charge is 0.416 e. The SMILES string of the molecule is Cc1cc(C(F)(F)F)ccc1-n1ccc2c(N)ncc(C(=O)N3CCOCC3)c21. The van der Waals surface area contributed by atoms with Gasteiger partial charge in [0, 0.05) is 36.6 Å². The first-order valence-electron chi connectivity index (χ1n) is 9.08. The van der Waals surface area contributed by atoms with Crippen molar-refractivity contribution in [2.24, 2.45) is 0 Å². The molecule has 1 fully saturated rings. The summed E-state index contributed by atoms with van der Waals surface area (Å²) in [5.41, 5.74) is 7.11. The summed E-state index contributed by atoms with van der Waals surface area (Å²) in [4.78, 5) is 18.9. The molecule has 0 unspecified atom stereocenters. The number of benzene rings is 1. The summed E-state index contributed by atoms with van der Waals surface area (Å²) in [6.45, 7) is 3.44. The number of carbonyl (C=O) groups excluding carboxylic acids is 1. The van der Waals surface area contributed by atoms with E-state index in [1.54, 1.807) is 28.7 Å². The zero-order valence-electron chi connectivity index (χ0n) is 15.7. The number of hydrogen-bond donors (Lipinski definition) is 1. The number of nitrogen functional groups attached to an aromatic ring is 1. The smallest absolute Gasteiger partial charge is 0.383 e. The van der Waals surface area contributed by atoms with Gasteiger partial charge in [0.1, 0.15) is 5.82 Å². The van der Waals surface area contributed by atoms with Crippen LogP contribution in [0.4, 0.5) is 19.0 Å². The van der Waals surface area contributed by atoms with Gasteiger partial charge in [-0.1, -0.05) is 0 Å². The lowest BCUT2D eigenvalue weighted by molar-refractivity contribution is -0.137. The van der Waals surface area contributed by atoms with Crippen LogP contribution in [0.2, 0.25) is 0 Å². The van der Waals surface area contributed by atoms with E-state index in [1.807, 2.05) is 0 Å². The molecule has 1 aromatic carbocycles. The van der Waals surface area contributed by atoms with Crippen LogP contribution in [0, 0.1) is 6.92 Å². The molecule has 3 aromatic rings. The fourth-order valence-electron chi connectivity index (χ4n) is 3.57. The van der Waals surface area contributed by atoms with Gasteiger partial charge in [-0.2, -0.15) is 13.2 Å². The highest BCUT2D eigenvalue weighted by Gasteiger charge is 2.31. The van der Waals surface area contributed by atoms with Crippen LogP contribution in [0.3, 0.4) is 0 Å². The Balaban J connectivity index is 1.86. The Morgan fingerprint density at radius 3 is 2.59 bits per heavy atom. The third-order valence-electron chi connectivity index (χ3n) is 5.06. The minimum absolute atomic E-state index is 0.213. The highest BCUT2D eigenvalue weighted by molar-refractivity contribution is 6.08. The molecular formula is C20H19F3N4O2. The Hall–Kier alpha value is -3.07. The Morgan fingerprint density at radius 1 is 1.21 bits per heavy atom. The number of amides is 1. The van der Waals surface area contributed by atoms with Crippen LogP contribution >= 0.6 is 0 Å². The zero-order chi connectivity index (χ0) is 20.8. The number of anilines is 1. The van der Waals surface area contributed by atoms with E-state index < -0.39 is 11.7 Å². The molecule has 4 rings (SSSR count). The number of fused-ring (bicyclic) bond motifs is 1. The van der Waals surface area contributed by atoms with Crippen molar-refractivity contribution in [2.75, 3.05) is 32.0 Å². The number of rotatable bonds is 2. The van der Waals surface area contributed by atoms with E-state index in [0.717, 1.165) is 12.1 Å². The van der Waals surface area contributed by atoms with Gasteiger partial charge in [-0.15, -0.1) is 0 Å². The molecule has 2 N–H and O–H groups in total. The molecule has 3 heterocycles. The van der Waals surface area contributed by atoms with Crippen LogP contribution in [0.5, 0.6) is 0 Å². The number of pyridine rings is 1. The first-order valence-corrected chi connectivity index (χ1v) is 9.08. The number of alkyl halides is 3. The molecule has 2 aromatic heterocycles. The number of aromatic nitrogens is 2. The van der Waals surface area contributed by atoms with Crippen molar-refractivity contribution >= 4 is 22.6 Å². The third kappa shape index (κ3) is 3.42. The lowest BCUT2D eigenvalue weighted by atomic mass is 10.1. The quantitative estimate of drug-likeness (QED) is 0.711. The fourth-order valence-corrected chi connectivity index (χ4v) is 3.57. The number of hydrogen-bond acceptors (Lipinski definition) is 4. The van der Waals surface area contributed by atoms with Crippen molar-refractivity contribution < 1.29 is 22.7 Å². The van der Waals surface area contributed by atoms with Crippen LogP contribution in [-0.2, 0) is 10.9 Å². The van der Waals surface area contributed by atoms with E-state index >= 15 is 0 Å². The van der Waals surface area contributed by atoms with Crippen LogP contribution in [0.25, 0.3) is 16.6 Å². The molecule has 1 saturated heterocycles. The molecule has 152 valence electrons.